The molecule has 0 fully saturated rings. The van der Waals surface area contributed by atoms with Gasteiger partial charge in [0.25, 0.3) is 20.2 Å². The van der Waals surface area contributed by atoms with Gasteiger partial charge in [0.1, 0.15) is 16.3 Å². The van der Waals surface area contributed by atoms with Gasteiger partial charge in [-0.25, -0.2) is 0 Å². The molecule has 0 unspecified atom stereocenters. The molecule has 5 N–H and O–H groups in total. The molecule has 168 valence electrons. The van der Waals surface area contributed by atoms with E-state index in [0.29, 0.717) is 11.8 Å². The molecule has 0 saturated carbocycles. The van der Waals surface area contributed by atoms with Crippen LogP contribution in [-0.4, -0.2) is 42.1 Å². The van der Waals surface area contributed by atoms with Crippen molar-refractivity contribution in [3.8, 4) is 11.5 Å². The van der Waals surface area contributed by atoms with Crippen LogP contribution in [0.4, 0.5) is 17.1 Å². The molecule has 0 atom stereocenters. The molecule has 0 bridgehead atoms. The maximum atomic E-state index is 11.8. The van der Waals surface area contributed by atoms with Crippen LogP contribution in [0.3, 0.4) is 0 Å². The number of hydrogen-bond donors (Lipinski definition) is 5. The van der Waals surface area contributed by atoms with E-state index in [9.17, 15) is 40.9 Å². The van der Waals surface area contributed by atoms with Crippen molar-refractivity contribution in [2.75, 3.05) is 5.32 Å². The molecule has 32 heavy (non-hydrogen) atoms. The van der Waals surface area contributed by atoms with Gasteiger partial charge in [0.2, 0.25) is 5.91 Å². The highest BCUT2D eigenvalue weighted by Gasteiger charge is 2.25. The first-order valence-electron chi connectivity index (χ1n) is 8.54. The molecule has 3 rings (SSSR count). The van der Waals surface area contributed by atoms with E-state index in [0.717, 1.165) is 12.1 Å². The van der Waals surface area contributed by atoms with E-state index in [1.54, 1.807) is 0 Å². The molecule has 3 aromatic rings. The number of phenols is 2. The van der Waals surface area contributed by atoms with Gasteiger partial charge in [0.05, 0.1) is 16.0 Å². The third-order valence-corrected chi connectivity index (χ3v) is 5.83. The zero-order valence-electron chi connectivity index (χ0n) is 16.1. The summed E-state index contributed by atoms with van der Waals surface area (Å²) in [5.41, 5.74) is -0.0742. The first-order valence-corrected chi connectivity index (χ1v) is 11.4. The number of carbonyl (C=O) groups excluding carboxylic acids is 1. The lowest BCUT2D eigenvalue weighted by Crippen LogP contribution is -2.04. The van der Waals surface area contributed by atoms with Crippen molar-refractivity contribution in [2.45, 2.75) is 16.7 Å². The van der Waals surface area contributed by atoms with E-state index in [2.05, 4.69) is 15.5 Å². The number of nitrogens with one attached hydrogen (secondary N) is 1. The van der Waals surface area contributed by atoms with Crippen molar-refractivity contribution in [3.63, 3.8) is 0 Å². The topological polar surface area (TPSA) is 203 Å². The summed E-state index contributed by atoms with van der Waals surface area (Å²) < 4.78 is 65.2. The fourth-order valence-electron chi connectivity index (χ4n) is 2.80. The number of anilines is 1. The number of aromatic hydroxyl groups is 2. The molecule has 14 heteroatoms. The zero-order chi connectivity index (χ0) is 23.8. The number of fused-ring (bicyclic) bond motifs is 1. The molecule has 12 nitrogen and oxygen atoms in total. The average molecular weight is 481 g/mol. The number of hydrogen-bond acceptors (Lipinski definition) is 9. The zero-order valence-corrected chi connectivity index (χ0v) is 17.7. The SMILES string of the molecule is CC(=O)Nc1ccc(N=Nc2c(S(=O)(=O)O)cc3cc(S(=O)(=O)O)cc(O)c3c2O)cc1. The van der Waals surface area contributed by atoms with Crippen LogP contribution in [-0.2, 0) is 25.0 Å². The molecule has 0 aliphatic heterocycles. The molecule has 0 aliphatic carbocycles. The minimum atomic E-state index is -4.99. The molecule has 1 amide bonds. The molecule has 0 aliphatic rings. The summed E-state index contributed by atoms with van der Waals surface area (Å²) in [4.78, 5) is 9.37. The summed E-state index contributed by atoms with van der Waals surface area (Å²) in [5.74, 6) is -2.01. The number of benzene rings is 3. The van der Waals surface area contributed by atoms with Crippen molar-refractivity contribution < 1.29 is 40.9 Å². The molecule has 0 saturated heterocycles. The summed E-state index contributed by atoms with van der Waals surface area (Å²) >= 11 is 0. The number of nitrogens with zero attached hydrogens (tertiary/aromatic N) is 2. The lowest BCUT2D eigenvalue weighted by Gasteiger charge is -2.11. The number of carbonyl (C=O) groups is 1. The Kier molecular flexibility index (Phi) is 5.88. The Balaban J connectivity index is 2.19. The maximum Gasteiger partial charge on any atom is 0.296 e. The highest BCUT2D eigenvalue weighted by Crippen LogP contribution is 2.45. The van der Waals surface area contributed by atoms with Gasteiger partial charge in [-0.2, -0.15) is 21.9 Å². The first kappa shape index (κ1) is 23.1. The third-order valence-electron chi connectivity index (χ3n) is 4.13. The van der Waals surface area contributed by atoms with Crippen LogP contribution in [0.25, 0.3) is 10.8 Å². The second-order valence-corrected chi connectivity index (χ2v) is 9.30. The van der Waals surface area contributed by atoms with Crippen LogP contribution in [0.15, 0.2) is 62.5 Å². The van der Waals surface area contributed by atoms with Crippen molar-refractivity contribution >= 4 is 54.0 Å². The van der Waals surface area contributed by atoms with Gasteiger partial charge in [-0.3, -0.25) is 13.9 Å². The Labute approximate surface area is 181 Å². The molecule has 0 radical (unpaired) electrons. The fraction of sp³-hybridized carbons (Fsp3) is 0.0556. The summed E-state index contributed by atoms with van der Waals surface area (Å²) in [7, 11) is -9.76. The Morgan fingerprint density at radius 3 is 2.06 bits per heavy atom. The van der Waals surface area contributed by atoms with E-state index < -0.39 is 47.2 Å². The normalized spacial score (nSPS) is 12.3. The standard InChI is InChI=1S/C18H15N3O9S2/c1-9(22)19-11-2-4-12(5-3-11)20-21-17-15(32(28,29)30)7-10-6-13(31(25,26)27)8-14(23)16(10)18(17)24/h2-8,23-24H,1H3,(H,19,22)(H,25,26,27)(H,28,29,30). The second-order valence-electron chi connectivity index (χ2n) is 6.49. The van der Waals surface area contributed by atoms with E-state index in [1.165, 1.54) is 31.2 Å². The molecular weight excluding hydrogens is 466 g/mol. The first-order chi connectivity index (χ1) is 14.8. The van der Waals surface area contributed by atoms with Crippen molar-refractivity contribution in [1.29, 1.82) is 0 Å². The Morgan fingerprint density at radius 2 is 1.53 bits per heavy atom. The quantitative estimate of drug-likeness (QED) is 0.268. The number of azo groups is 1. The predicted octanol–water partition coefficient (Wildman–Crippen LogP) is 3.12. The molecule has 3 aromatic carbocycles. The van der Waals surface area contributed by atoms with Crippen LogP contribution in [0.1, 0.15) is 6.92 Å². The van der Waals surface area contributed by atoms with Gasteiger partial charge < -0.3 is 15.5 Å². The van der Waals surface area contributed by atoms with Crippen LogP contribution in [0, 0.1) is 0 Å². The number of amides is 1. The van der Waals surface area contributed by atoms with E-state index in [4.69, 9.17) is 0 Å². The van der Waals surface area contributed by atoms with Gasteiger partial charge in [-0.1, -0.05) is 0 Å². The highest BCUT2D eigenvalue weighted by atomic mass is 32.2. The Hall–Kier alpha value is -3.59. The molecular formula is C18H15N3O9S2. The number of rotatable bonds is 5. The van der Waals surface area contributed by atoms with Crippen LogP contribution >= 0.6 is 0 Å². The fourth-order valence-corrected chi connectivity index (χ4v) is 4.00. The van der Waals surface area contributed by atoms with Crippen molar-refractivity contribution in [1.82, 2.24) is 0 Å². The minimum absolute atomic E-state index is 0.186. The van der Waals surface area contributed by atoms with Gasteiger partial charge in [0, 0.05) is 18.7 Å². The monoisotopic (exact) mass is 481 g/mol. The van der Waals surface area contributed by atoms with E-state index in [-0.39, 0.29) is 22.4 Å². The van der Waals surface area contributed by atoms with E-state index >= 15 is 0 Å². The minimum Gasteiger partial charge on any atom is -0.507 e. The maximum absolute atomic E-state index is 11.8. The lowest BCUT2D eigenvalue weighted by atomic mass is 10.1. The Morgan fingerprint density at radius 1 is 0.906 bits per heavy atom. The number of phenolic OH excluding ortho intramolecular Hbond substituents is 2. The van der Waals surface area contributed by atoms with Crippen LogP contribution < -0.4 is 5.32 Å². The van der Waals surface area contributed by atoms with Gasteiger partial charge in [-0.15, -0.1) is 5.11 Å². The summed E-state index contributed by atoms with van der Waals surface area (Å²) in [6.07, 6.45) is 0. The molecule has 0 aromatic heterocycles. The molecule has 0 heterocycles. The van der Waals surface area contributed by atoms with Gasteiger partial charge >= 0.3 is 0 Å². The summed E-state index contributed by atoms with van der Waals surface area (Å²) in [5, 5.41) is 30.0. The second kappa shape index (κ2) is 8.16. The smallest absolute Gasteiger partial charge is 0.296 e. The lowest BCUT2D eigenvalue weighted by molar-refractivity contribution is -0.114. The summed E-state index contributed by atoms with van der Waals surface area (Å²) in [6, 6.07) is 8.02. The van der Waals surface area contributed by atoms with E-state index in [1.807, 2.05) is 0 Å². The predicted molar refractivity (Wildman–Crippen MR) is 112 cm³/mol. The van der Waals surface area contributed by atoms with Crippen LogP contribution in [0.5, 0.6) is 11.5 Å². The van der Waals surface area contributed by atoms with Gasteiger partial charge in [-0.05, 0) is 41.8 Å². The molecule has 0 spiro atoms. The average Bonchev–Trinajstić information content (AvgIpc) is 2.66. The highest BCUT2D eigenvalue weighted by molar-refractivity contribution is 7.86. The largest absolute Gasteiger partial charge is 0.507 e. The van der Waals surface area contributed by atoms with Crippen molar-refractivity contribution in [3.05, 3.63) is 42.5 Å². The summed E-state index contributed by atoms with van der Waals surface area (Å²) in [6.45, 7) is 1.32. The Bertz CT molecular complexity index is 1480. The third kappa shape index (κ3) is 4.83. The van der Waals surface area contributed by atoms with Crippen molar-refractivity contribution in [2.24, 2.45) is 10.2 Å². The van der Waals surface area contributed by atoms with Gasteiger partial charge in [0.15, 0.2) is 5.75 Å². The van der Waals surface area contributed by atoms with Crippen LogP contribution in [0.2, 0.25) is 0 Å².